The van der Waals surface area contributed by atoms with Crippen LogP contribution < -0.4 is 0 Å². The number of carbonyl (C=O) groups is 1. The van der Waals surface area contributed by atoms with Gasteiger partial charge in [-0.1, -0.05) is 0 Å². The highest BCUT2D eigenvalue weighted by atomic mass is 16.6. The Morgan fingerprint density at radius 3 is 2.31 bits per heavy atom. The standard InChI is InChI=1S/C12H21NO3/c1-12(2,3)16-11(14)13-6-4-9(5-7-13)10-8-15-10/h9-10H,4-8H2,1-3H3. The van der Waals surface area contributed by atoms with E-state index in [1.165, 1.54) is 0 Å². The van der Waals surface area contributed by atoms with Gasteiger partial charge in [0.25, 0.3) is 0 Å². The van der Waals surface area contributed by atoms with Gasteiger partial charge in [-0.2, -0.15) is 0 Å². The molecule has 16 heavy (non-hydrogen) atoms. The molecule has 2 saturated heterocycles. The van der Waals surface area contributed by atoms with E-state index in [0.29, 0.717) is 12.0 Å². The third-order valence-electron chi connectivity index (χ3n) is 3.08. The van der Waals surface area contributed by atoms with E-state index in [-0.39, 0.29) is 6.09 Å². The van der Waals surface area contributed by atoms with Crippen LogP contribution in [0.15, 0.2) is 0 Å². The van der Waals surface area contributed by atoms with Crippen LogP contribution in [-0.4, -0.2) is 42.4 Å². The van der Waals surface area contributed by atoms with E-state index in [9.17, 15) is 4.79 Å². The highest BCUT2D eigenvalue weighted by Crippen LogP contribution is 2.29. The Bertz CT molecular complexity index is 260. The van der Waals surface area contributed by atoms with Gasteiger partial charge in [-0.25, -0.2) is 4.79 Å². The average Bonchev–Trinajstić information content (AvgIpc) is 2.98. The van der Waals surface area contributed by atoms with E-state index in [1.807, 2.05) is 25.7 Å². The van der Waals surface area contributed by atoms with Gasteiger partial charge in [0.2, 0.25) is 0 Å². The second-order valence-electron chi connectivity index (χ2n) is 5.68. The van der Waals surface area contributed by atoms with Gasteiger partial charge in [0.05, 0.1) is 12.7 Å². The zero-order chi connectivity index (χ0) is 11.8. The SMILES string of the molecule is CC(C)(C)OC(=O)N1CCC(C2CO2)CC1. The number of hydrogen-bond donors (Lipinski definition) is 0. The molecule has 0 aromatic carbocycles. The number of piperidine rings is 1. The first-order valence-corrected chi connectivity index (χ1v) is 6.05. The summed E-state index contributed by atoms with van der Waals surface area (Å²) in [6.45, 7) is 8.22. The fourth-order valence-electron chi connectivity index (χ4n) is 2.11. The second kappa shape index (κ2) is 4.24. The van der Waals surface area contributed by atoms with Crippen molar-refractivity contribution in [3.8, 4) is 0 Å². The quantitative estimate of drug-likeness (QED) is 0.644. The second-order valence-corrected chi connectivity index (χ2v) is 5.68. The molecule has 0 spiro atoms. The van der Waals surface area contributed by atoms with Gasteiger partial charge >= 0.3 is 6.09 Å². The lowest BCUT2D eigenvalue weighted by atomic mass is 9.94. The van der Waals surface area contributed by atoms with Crippen LogP contribution in [-0.2, 0) is 9.47 Å². The van der Waals surface area contributed by atoms with E-state index < -0.39 is 5.60 Å². The molecule has 0 N–H and O–H groups in total. The maximum absolute atomic E-state index is 11.8. The van der Waals surface area contributed by atoms with Gasteiger partial charge < -0.3 is 14.4 Å². The summed E-state index contributed by atoms with van der Waals surface area (Å²) in [5, 5.41) is 0. The molecular formula is C12H21NO3. The summed E-state index contributed by atoms with van der Waals surface area (Å²) in [6.07, 6.45) is 2.39. The van der Waals surface area contributed by atoms with Crippen LogP contribution in [0.2, 0.25) is 0 Å². The van der Waals surface area contributed by atoms with Crippen molar-refractivity contribution < 1.29 is 14.3 Å². The number of nitrogens with zero attached hydrogens (tertiary/aromatic N) is 1. The number of ether oxygens (including phenoxy) is 2. The first-order chi connectivity index (χ1) is 7.46. The first kappa shape index (κ1) is 11.7. The number of carbonyl (C=O) groups excluding carboxylic acids is 1. The summed E-state index contributed by atoms with van der Waals surface area (Å²) in [6, 6.07) is 0. The third kappa shape index (κ3) is 3.11. The molecule has 0 aliphatic carbocycles. The Morgan fingerprint density at radius 2 is 1.88 bits per heavy atom. The van der Waals surface area contributed by atoms with Crippen LogP contribution in [0.4, 0.5) is 4.79 Å². The van der Waals surface area contributed by atoms with Crippen LogP contribution in [0.25, 0.3) is 0 Å². The van der Waals surface area contributed by atoms with Gasteiger partial charge in [0.15, 0.2) is 0 Å². The first-order valence-electron chi connectivity index (χ1n) is 6.05. The van der Waals surface area contributed by atoms with E-state index >= 15 is 0 Å². The predicted molar refractivity (Wildman–Crippen MR) is 60.3 cm³/mol. The predicted octanol–water partition coefficient (Wildman–Crippen LogP) is 2.03. The average molecular weight is 227 g/mol. The maximum atomic E-state index is 11.8. The molecule has 0 aromatic heterocycles. The van der Waals surface area contributed by atoms with Crippen LogP contribution >= 0.6 is 0 Å². The summed E-state index contributed by atoms with van der Waals surface area (Å²) in [4.78, 5) is 13.6. The van der Waals surface area contributed by atoms with Gasteiger partial charge in [0, 0.05) is 13.1 Å². The Morgan fingerprint density at radius 1 is 1.31 bits per heavy atom. The number of hydrogen-bond acceptors (Lipinski definition) is 3. The molecule has 2 fully saturated rings. The van der Waals surface area contributed by atoms with E-state index in [2.05, 4.69) is 0 Å². The molecular weight excluding hydrogens is 206 g/mol. The van der Waals surface area contributed by atoms with Gasteiger partial charge in [-0.3, -0.25) is 0 Å². The minimum absolute atomic E-state index is 0.178. The molecule has 0 bridgehead atoms. The van der Waals surface area contributed by atoms with Gasteiger partial charge in [-0.05, 0) is 39.5 Å². The lowest BCUT2D eigenvalue weighted by Gasteiger charge is -2.32. The van der Waals surface area contributed by atoms with E-state index in [1.54, 1.807) is 0 Å². The van der Waals surface area contributed by atoms with Gasteiger partial charge in [0.1, 0.15) is 5.60 Å². The normalized spacial score (nSPS) is 26.7. The summed E-state index contributed by atoms with van der Waals surface area (Å²) < 4.78 is 10.6. The molecule has 1 unspecified atom stereocenters. The molecule has 0 aromatic rings. The van der Waals surface area contributed by atoms with Crippen molar-refractivity contribution in [3.63, 3.8) is 0 Å². The fraction of sp³-hybridized carbons (Fsp3) is 0.917. The number of rotatable bonds is 1. The lowest BCUT2D eigenvalue weighted by molar-refractivity contribution is 0.0173. The zero-order valence-electron chi connectivity index (χ0n) is 10.4. The fourth-order valence-corrected chi connectivity index (χ4v) is 2.11. The lowest BCUT2D eigenvalue weighted by Crippen LogP contribution is -2.42. The smallest absolute Gasteiger partial charge is 0.410 e. The Balaban J connectivity index is 1.77. The van der Waals surface area contributed by atoms with Crippen LogP contribution in [0, 0.1) is 5.92 Å². The molecule has 2 aliphatic rings. The molecule has 2 heterocycles. The zero-order valence-corrected chi connectivity index (χ0v) is 10.4. The number of likely N-dealkylation sites (tertiary alicyclic amines) is 1. The van der Waals surface area contributed by atoms with Crippen LogP contribution in [0.1, 0.15) is 33.6 Å². The highest BCUT2D eigenvalue weighted by molar-refractivity contribution is 5.68. The van der Waals surface area contributed by atoms with Crippen molar-refractivity contribution in [3.05, 3.63) is 0 Å². The number of epoxide rings is 1. The third-order valence-corrected chi connectivity index (χ3v) is 3.08. The summed E-state index contributed by atoms with van der Waals surface area (Å²) >= 11 is 0. The topological polar surface area (TPSA) is 42.1 Å². The van der Waals surface area contributed by atoms with Crippen molar-refractivity contribution in [1.82, 2.24) is 4.90 Å². The molecule has 4 nitrogen and oxygen atoms in total. The highest BCUT2D eigenvalue weighted by Gasteiger charge is 2.36. The summed E-state index contributed by atoms with van der Waals surface area (Å²) in [5.41, 5.74) is -0.395. The molecule has 0 saturated carbocycles. The number of amides is 1. The maximum Gasteiger partial charge on any atom is 0.410 e. The summed E-state index contributed by atoms with van der Waals surface area (Å²) in [7, 11) is 0. The van der Waals surface area contributed by atoms with Gasteiger partial charge in [-0.15, -0.1) is 0 Å². The summed E-state index contributed by atoms with van der Waals surface area (Å²) in [5.74, 6) is 0.652. The molecule has 1 amide bonds. The molecule has 4 heteroatoms. The molecule has 2 rings (SSSR count). The molecule has 2 aliphatic heterocycles. The Kier molecular flexibility index (Phi) is 3.10. The van der Waals surface area contributed by atoms with E-state index in [0.717, 1.165) is 32.5 Å². The van der Waals surface area contributed by atoms with Crippen LogP contribution in [0.3, 0.4) is 0 Å². The van der Waals surface area contributed by atoms with Crippen molar-refractivity contribution in [1.29, 1.82) is 0 Å². The molecule has 1 atom stereocenters. The molecule has 0 radical (unpaired) electrons. The van der Waals surface area contributed by atoms with Crippen LogP contribution in [0.5, 0.6) is 0 Å². The monoisotopic (exact) mass is 227 g/mol. The minimum Gasteiger partial charge on any atom is -0.444 e. The Labute approximate surface area is 96.9 Å². The molecule has 92 valence electrons. The largest absolute Gasteiger partial charge is 0.444 e. The van der Waals surface area contributed by atoms with E-state index in [4.69, 9.17) is 9.47 Å². The van der Waals surface area contributed by atoms with Crippen molar-refractivity contribution in [2.75, 3.05) is 19.7 Å². The Hall–Kier alpha value is -0.770. The van der Waals surface area contributed by atoms with Crippen molar-refractivity contribution in [2.45, 2.75) is 45.3 Å². The minimum atomic E-state index is -0.395. The van der Waals surface area contributed by atoms with Crippen molar-refractivity contribution >= 4 is 6.09 Å². The van der Waals surface area contributed by atoms with Crippen molar-refractivity contribution in [2.24, 2.45) is 5.92 Å².